The number of hydrogen-bond donors (Lipinski definition) is 6. The number of nitrogens with zero attached hydrogens (tertiary/aromatic N) is 2. The number of nitrogens with one attached hydrogen (secondary N) is 4. The van der Waals surface area contributed by atoms with Crippen LogP contribution in [0.3, 0.4) is 0 Å². The lowest BCUT2D eigenvalue weighted by Gasteiger charge is -2.19. The molecule has 0 aliphatic rings. The van der Waals surface area contributed by atoms with Crippen LogP contribution in [0.25, 0.3) is 22.3 Å². The van der Waals surface area contributed by atoms with Crippen molar-refractivity contribution in [3.63, 3.8) is 0 Å². The zero-order valence-electron chi connectivity index (χ0n) is 26.1. The van der Waals surface area contributed by atoms with Gasteiger partial charge in [-0.15, -0.1) is 0 Å². The van der Waals surface area contributed by atoms with E-state index < -0.39 is 29.6 Å². The number of hydrogen-bond acceptors (Lipinski definition) is 6. The Morgan fingerprint density at radius 3 is 2.40 bits per heavy atom. The quantitative estimate of drug-likeness (QED) is 0.0926. The standard InChI is InChI=1S/C34H32ClFN6O6/c1-17(2)13-28(43)38-21-9-7-19(8-10-21)14-26(32(44)39-22-11-12-25-20(15-22)16-27(40-25)34(46)47)41-33(45)30-18(3)37-31(42(30)48)23-5-4-6-24(35)29(23)36/h4-12,15-17,26,40,48H,13-14H2,1-3H3,(H,38,43)(H,39,44)(H,41,45)(H,46,47)/t26-/m0/s1. The first-order valence-corrected chi connectivity index (χ1v) is 15.3. The van der Waals surface area contributed by atoms with E-state index in [4.69, 9.17) is 11.6 Å². The maximum atomic E-state index is 14.8. The Balaban J connectivity index is 1.42. The fraction of sp³-hybridized carbons (Fsp3) is 0.206. The van der Waals surface area contributed by atoms with Gasteiger partial charge >= 0.3 is 5.97 Å². The van der Waals surface area contributed by atoms with Crippen molar-refractivity contribution in [1.29, 1.82) is 0 Å². The van der Waals surface area contributed by atoms with Crippen molar-refractivity contribution >= 4 is 57.6 Å². The van der Waals surface area contributed by atoms with Crippen molar-refractivity contribution in [3.8, 4) is 11.4 Å². The molecule has 0 saturated heterocycles. The molecule has 3 aromatic carbocycles. The minimum atomic E-state index is -1.20. The third-order valence-electron chi connectivity index (χ3n) is 7.45. The molecule has 248 valence electrons. The number of imidazole rings is 1. The Labute approximate surface area is 278 Å². The van der Waals surface area contributed by atoms with Gasteiger partial charge in [0.15, 0.2) is 17.3 Å². The number of benzene rings is 3. The van der Waals surface area contributed by atoms with E-state index in [0.717, 1.165) is 0 Å². The number of aryl methyl sites for hydroxylation is 1. The van der Waals surface area contributed by atoms with Gasteiger partial charge in [-0.1, -0.05) is 43.6 Å². The summed E-state index contributed by atoms with van der Waals surface area (Å²) in [6.45, 7) is 5.33. The monoisotopic (exact) mass is 674 g/mol. The largest absolute Gasteiger partial charge is 0.477 e. The van der Waals surface area contributed by atoms with Crippen molar-refractivity contribution < 1.29 is 33.9 Å². The van der Waals surface area contributed by atoms with Crippen LogP contribution in [-0.2, 0) is 16.0 Å². The van der Waals surface area contributed by atoms with Crippen LogP contribution < -0.4 is 16.0 Å². The van der Waals surface area contributed by atoms with Crippen molar-refractivity contribution in [2.24, 2.45) is 5.92 Å². The Morgan fingerprint density at radius 1 is 1.00 bits per heavy atom. The zero-order chi connectivity index (χ0) is 34.7. The maximum absolute atomic E-state index is 14.8. The highest BCUT2D eigenvalue weighted by Gasteiger charge is 2.28. The van der Waals surface area contributed by atoms with Gasteiger partial charge in [-0.05, 0) is 66.9 Å². The summed E-state index contributed by atoms with van der Waals surface area (Å²) in [5.74, 6) is -3.65. The van der Waals surface area contributed by atoms with E-state index in [1.807, 2.05) is 13.8 Å². The number of carbonyl (C=O) groups excluding carboxylic acids is 3. The average Bonchev–Trinajstić information content (AvgIpc) is 3.58. The molecule has 5 rings (SSSR count). The molecule has 0 aliphatic carbocycles. The van der Waals surface area contributed by atoms with Gasteiger partial charge in [-0.2, -0.15) is 4.73 Å². The lowest BCUT2D eigenvalue weighted by molar-refractivity contribution is -0.118. The number of amides is 3. The smallest absolute Gasteiger partial charge is 0.352 e. The molecule has 0 spiro atoms. The molecule has 0 bridgehead atoms. The van der Waals surface area contributed by atoms with E-state index in [2.05, 4.69) is 25.9 Å². The number of carboxylic acid groups (broad SMARTS) is 1. The molecule has 48 heavy (non-hydrogen) atoms. The van der Waals surface area contributed by atoms with Crippen LogP contribution in [-0.4, -0.2) is 54.7 Å². The van der Waals surface area contributed by atoms with Gasteiger partial charge < -0.3 is 31.2 Å². The minimum Gasteiger partial charge on any atom is -0.477 e. The summed E-state index contributed by atoms with van der Waals surface area (Å²) in [5.41, 5.74) is 1.69. The number of rotatable bonds is 11. The van der Waals surface area contributed by atoms with Crippen LogP contribution >= 0.6 is 11.6 Å². The summed E-state index contributed by atoms with van der Waals surface area (Å²) in [7, 11) is 0. The van der Waals surface area contributed by atoms with E-state index in [0.29, 0.717) is 39.0 Å². The Morgan fingerprint density at radius 2 is 1.71 bits per heavy atom. The highest BCUT2D eigenvalue weighted by atomic mass is 35.5. The van der Waals surface area contributed by atoms with Gasteiger partial charge in [0.2, 0.25) is 11.8 Å². The van der Waals surface area contributed by atoms with Gasteiger partial charge in [0, 0.05) is 35.1 Å². The highest BCUT2D eigenvalue weighted by molar-refractivity contribution is 6.31. The highest BCUT2D eigenvalue weighted by Crippen LogP contribution is 2.28. The van der Waals surface area contributed by atoms with E-state index >= 15 is 0 Å². The Hall–Kier alpha value is -5.69. The number of halogens is 2. The molecule has 0 saturated carbocycles. The van der Waals surface area contributed by atoms with Gasteiger partial charge in [0.05, 0.1) is 16.3 Å². The SMILES string of the molecule is Cc1nc(-c2cccc(Cl)c2F)n(O)c1C(=O)N[C@@H](Cc1ccc(NC(=O)CC(C)C)cc1)C(=O)Nc1ccc2[nH]c(C(=O)O)cc2c1. The van der Waals surface area contributed by atoms with Crippen LogP contribution in [0, 0.1) is 18.7 Å². The number of aromatic carboxylic acids is 1. The van der Waals surface area contributed by atoms with Crippen molar-refractivity contribution in [1.82, 2.24) is 20.0 Å². The Kier molecular flexibility index (Phi) is 9.80. The summed E-state index contributed by atoms with van der Waals surface area (Å²) in [5, 5.41) is 28.8. The molecule has 5 aromatic rings. The number of H-pyrrole nitrogens is 1. The zero-order valence-corrected chi connectivity index (χ0v) is 26.9. The first-order chi connectivity index (χ1) is 22.8. The Bertz CT molecular complexity index is 2040. The van der Waals surface area contributed by atoms with Gasteiger partial charge in [-0.3, -0.25) is 14.4 Å². The number of aromatic amines is 1. The third-order valence-corrected chi connectivity index (χ3v) is 7.74. The molecule has 2 heterocycles. The van der Waals surface area contributed by atoms with Crippen LogP contribution in [0.2, 0.25) is 5.02 Å². The van der Waals surface area contributed by atoms with E-state index in [1.165, 1.54) is 31.2 Å². The number of fused-ring (bicyclic) bond motifs is 1. The van der Waals surface area contributed by atoms with E-state index in [1.54, 1.807) is 42.5 Å². The van der Waals surface area contributed by atoms with Gasteiger partial charge in [0.1, 0.15) is 11.7 Å². The second kappa shape index (κ2) is 14.0. The lowest BCUT2D eigenvalue weighted by Crippen LogP contribution is -2.46. The molecule has 12 nitrogen and oxygen atoms in total. The molecule has 0 aliphatic heterocycles. The molecule has 0 radical (unpaired) electrons. The molecular weight excluding hydrogens is 643 g/mol. The average molecular weight is 675 g/mol. The molecule has 1 atom stereocenters. The summed E-state index contributed by atoms with van der Waals surface area (Å²) in [6.07, 6.45) is 0.358. The van der Waals surface area contributed by atoms with Crippen molar-refractivity contribution in [2.75, 3.05) is 10.6 Å². The van der Waals surface area contributed by atoms with Crippen molar-refractivity contribution in [3.05, 3.63) is 100 Å². The molecule has 6 N–H and O–H groups in total. The molecule has 0 unspecified atom stereocenters. The summed E-state index contributed by atoms with van der Waals surface area (Å²) >= 11 is 5.91. The van der Waals surface area contributed by atoms with E-state index in [9.17, 15) is 33.9 Å². The van der Waals surface area contributed by atoms with Crippen molar-refractivity contribution in [2.45, 2.75) is 39.7 Å². The maximum Gasteiger partial charge on any atom is 0.352 e. The van der Waals surface area contributed by atoms with Crippen LogP contribution in [0.5, 0.6) is 0 Å². The molecule has 0 fully saturated rings. The van der Waals surface area contributed by atoms with Crippen LogP contribution in [0.15, 0.2) is 66.7 Å². The fourth-order valence-electron chi connectivity index (χ4n) is 5.16. The van der Waals surface area contributed by atoms with Gasteiger partial charge in [0.25, 0.3) is 5.91 Å². The molecular formula is C34H32ClFN6O6. The predicted octanol–water partition coefficient (Wildman–Crippen LogP) is 6.03. The first kappa shape index (κ1) is 33.7. The van der Waals surface area contributed by atoms with Gasteiger partial charge in [-0.25, -0.2) is 14.2 Å². The summed E-state index contributed by atoms with van der Waals surface area (Å²) in [4.78, 5) is 57.8. The fourth-order valence-corrected chi connectivity index (χ4v) is 5.34. The van der Waals surface area contributed by atoms with Crippen LogP contribution in [0.4, 0.5) is 15.8 Å². The number of aromatic nitrogens is 3. The van der Waals surface area contributed by atoms with E-state index in [-0.39, 0.29) is 51.7 Å². The summed E-state index contributed by atoms with van der Waals surface area (Å²) < 4.78 is 15.2. The number of anilines is 2. The normalized spacial score (nSPS) is 11.8. The van der Waals surface area contributed by atoms with Crippen LogP contribution in [0.1, 0.15) is 52.5 Å². The first-order valence-electron chi connectivity index (χ1n) is 14.9. The number of carboxylic acids is 1. The summed E-state index contributed by atoms with van der Waals surface area (Å²) in [6, 6.07) is 15.9. The molecule has 3 amide bonds. The number of carbonyl (C=O) groups is 4. The lowest BCUT2D eigenvalue weighted by atomic mass is 10.0. The molecule has 14 heteroatoms. The molecule has 2 aromatic heterocycles. The third kappa shape index (κ3) is 7.47. The predicted molar refractivity (Wildman–Crippen MR) is 178 cm³/mol. The second-order valence-corrected chi connectivity index (χ2v) is 12.0. The minimum absolute atomic E-state index is 0.00173. The second-order valence-electron chi connectivity index (χ2n) is 11.6. The topological polar surface area (TPSA) is 178 Å².